The summed E-state index contributed by atoms with van der Waals surface area (Å²) in [6.07, 6.45) is 7.37. The van der Waals surface area contributed by atoms with E-state index in [9.17, 15) is 12.8 Å². The van der Waals surface area contributed by atoms with Gasteiger partial charge in [0.25, 0.3) is 0 Å². The van der Waals surface area contributed by atoms with Crippen molar-refractivity contribution in [3.05, 3.63) is 29.6 Å². The molecule has 0 bridgehead atoms. The van der Waals surface area contributed by atoms with Crippen LogP contribution in [0, 0.1) is 18.2 Å². The Morgan fingerprint density at radius 1 is 1.48 bits per heavy atom. The molecule has 0 saturated heterocycles. The van der Waals surface area contributed by atoms with Crippen molar-refractivity contribution >= 4 is 10.0 Å². The number of terminal acetylenes is 1. The third-order valence-electron chi connectivity index (χ3n) is 3.43. The molecule has 1 aliphatic carbocycles. The first-order valence-electron chi connectivity index (χ1n) is 6.94. The van der Waals surface area contributed by atoms with E-state index in [0.717, 1.165) is 12.8 Å². The van der Waals surface area contributed by atoms with E-state index in [2.05, 4.69) is 11.2 Å². The molecule has 1 aliphatic rings. The summed E-state index contributed by atoms with van der Waals surface area (Å²) in [5.41, 5.74) is 0.361. The summed E-state index contributed by atoms with van der Waals surface area (Å²) in [6, 6.07) is 4.29. The van der Waals surface area contributed by atoms with Crippen molar-refractivity contribution in [3.8, 4) is 12.3 Å². The maximum Gasteiger partial charge on any atom is 0.243 e. The van der Waals surface area contributed by atoms with Crippen molar-refractivity contribution in [1.29, 1.82) is 0 Å². The Morgan fingerprint density at radius 2 is 2.19 bits per heavy atom. The van der Waals surface area contributed by atoms with Crippen LogP contribution < -0.4 is 5.32 Å². The van der Waals surface area contributed by atoms with Crippen LogP contribution in [-0.2, 0) is 16.6 Å². The number of rotatable bonds is 7. The van der Waals surface area contributed by atoms with Gasteiger partial charge in [-0.05, 0) is 31.0 Å². The van der Waals surface area contributed by atoms with E-state index in [1.807, 2.05) is 0 Å². The quantitative estimate of drug-likeness (QED) is 0.780. The average molecular weight is 310 g/mol. The van der Waals surface area contributed by atoms with Crippen LogP contribution >= 0.6 is 0 Å². The molecule has 0 unspecified atom stereocenters. The van der Waals surface area contributed by atoms with Gasteiger partial charge in [-0.3, -0.25) is 0 Å². The van der Waals surface area contributed by atoms with Crippen LogP contribution in [0.25, 0.3) is 0 Å². The SMILES string of the molecule is C#CCN(CC)S(=O)(=O)c1ccc(F)c(CNC2CC2)c1. The molecule has 1 fully saturated rings. The van der Waals surface area contributed by atoms with Crippen molar-refractivity contribution in [1.82, 2.24) is 9.62 Å². The predicted molar refractivity (Wildman–Crippen MR) is 79.5 cm³/mol. The van der Waals surface area contributed by atoms with Crippen LogP contribution in [0.15, 0.2) is 23.1 Å². The minimum atomic E-state index is -3.68. The van der Waals surface area contributed by atoms with Crippen LogP contribution in [0.5, 0.6) is 0 Å². The lowest BCUT2D eigenvalue weighted by Gasteiger charge is -2.18. The monoisotopic (exact) mass is 310 g/mol. The number of benzene rings is 1. The first-order valence-corrected chi connectivity index (χ1v) is 8.38. The highest BCUT2D eigenvalue weighted by Crippen LogP contribution is 2.22. The molecule has 1 saturated carbocycles. The highest BCUT2D eigenvalue weighted by Gasteiger charge is 2.24. The summed E-state index contributed by atoms with van der Waals surface area (Å²) in [4.78, 5) is 0.0774. The van der Waals surface area contributed by atoms with Crippen molar-refractivity contribution < 1.29 is 12.8 Å². The zero-order valence-corrected chi connectivity index (χ0v) is 12.8. The molecule has 1 aromatic rings. The van der Waals surface area contributed by atoms with E-state index >= 15 is 0 Å². The van der Waals surface area contributed by atoms with E-state index in [-0.39, 0.29) is 18.0 Å². The molecule has 0 spiro atoms. The van der Waals surface area contributed by atoms with Gasteiger partial charge in [-0.25, -0.2) is 12.8 Å². The highest BCUT2D eigenvalue weighted by atomic mass is 32.2. The normalized spacial score (nSPS) is 15.1. The van der Waals surface area contributed by atoms with E-state index < -0.39 is 15.8 Å². The van der Waals surface area contributed by atoms with Crippen LogP contribution in [0.2, 0.25) is 0 Å². The Balaban J connectivity index is 2.25. The predicted octanol–water partition coefficient (Wildman–Crippen LogP) is 1.72. The fourth-order valence-electron chi connectivity index (χ4n) is 2.01. The van der Waals surface area contributed by atoms with Crippen molar-refractivity contribution in [3.63, 3.8) is 0 Å². The molecule has 2 rings (SSSR count). The number of sulfonamides is 1. The smallest absolute Gasteiger partial charge is 0.243 e. The van der Waals surface area contributed by atoms with Gasteiger partial charge in [0.1, 0.15) is 5.82 Å². The van der Waals surface area contributed by atoms with Crippen molar-refractivity contribution in [2.75, 3.05) is 13.1 Å². The van der Waals surface area contributed by atoms with Gasteiger partial charge < -0.3 is 5.32 Å². The largest absolute Gasteiger partial charge is 0.310 e. The van der Waals surface area contributed by atoms with Gasteiger partial charge in [-0.1, -0.05) is 12.8 Å². The molecule has 21 heavy (non-hydrogen) atoms. The Kier molecular flexibility index (Phi) is 4.99. The Morgan fingerprint density at radius 3 is 2.76 bits per heavy atom. The first kappa shape index (κ1) is 16.0. The number of nitrogens with zero attached hydrogens (tertiary/aromatic N) is 1. The summed E-state index contributed by atoms with van der Waals surface area (Å²) in [5.74, 6) is 1.93. The lowest BCUT2D eigenvalue weighted by molar-refractivity contribution is 0.463. The molecule has 1 N–H and O–H groups in total. The van der Waals surface area contributed by atoms with Gasteiger partial charge in [-0.15, -0.1) is 6.42 Å². The number of hydrogen-bond acceptors (Lipinski definition) is 3. The Bertz CT molecular complexity index is 648. The average Bonchev–Trinajstić information content (AvgIpc) is 3.27. The summed E-state index contributed by atoms with van der Waals surface area (Å²) in [5, 5.41) is 3.18. The van der Waals surface area contributed by atoms with Gasteiger partial charge in [0, 0.05) is 24.7 Å². The molecule has 0 aliphatic heterocycles. The maximum absolute atomic E-state index is 13.8. The molecule has 0 radical (unpaired) electrons. The summed E-state index contributed by atoms with van der Waals surface area (Å²) in [7, 11) is -3.68. The molecule has 4 nitrogen and oxygen atoms in total. The molecule has 6 heteroatoms. The second-order valence-electron chi connectivity index (χ2n) is 5.04. The maximum atomic E-state index is 13.8. The van der Waals surface area contributed by atoms with Crippen LogP contribution in [0.4, 0.5) is 4.39 Å². The van der Waals surface area contributed by atoms with Crippen LogP contribution in [-0.4, -0.2) is 31.9 Å². The molecule has 114 valence electrons. The standard InChI is InChI=1S/C15H19FN2O2S/c1-3-9-18(4-2)21(19,20)14-7-8-15(16)12(10-14)11-17-13-5-6-13/h1,7-8,10,13,17H,4-6,9,11H2,2H3. The van der Waals surface area contributed by atoms with Gasteiger partial charge in [0.05, 0.1) is 11.4 Å². The lowest BCUT2D eigenvalue weighted by Crippen LogP contribution is -2.31. The fraction of sp³-hybridized carbons (Fsp3) is 0.467. The van der Waals surface area contributed by atoms with Gasteiger partial charge in [0.2, 0.25) is 10.0 Å². The minimum absolute atomic E-state index is 0.00582. The summed E-state index contributed by atoms with van der Waals surface area (Å²) < 4.78 is 39.9. The molecule has 0 aromatic heterocycles. The fourth-order valence-corrected chi connectivity index (χ4v) is 3.42. The number of nitrogens with one attached hydrogen (secondary N) is 1. The van der Waals surface area contributed by atoms with E-state index in [0.29, 0.717) is 18.2 Å². The third-order valence-corrected chi connectivity index (χ3v) is 5.35. The van der Waals surface area contributed by atoms with Crippen LogP contribution in [0.1, 0.15) is 25.3 Å². The van der Waals surface area contributed by atoms with E-state index in [1.165, 1.54) is 22.5 Å². The van der Waals surface area contributed by atoms with Crippen molar-refractivity contribution in [2.45, 2.75) is 37.2 Å². The zero-order chi connectivity index (χ0) is 15.5. The van der Waals surface area contributed by atoms with E-state index in [4.69, 9.17) is 6.42 Å². The Labute approximate surface area is 125 Å². The van der Waals surface area contributed by atoms with Gasteiger partial charge in [-0.2, -0.15) is 4.31 Å². The lowest BCUT2D eigenvalue weighted by atomic mass is 10.2. The second kappa shape index (κ2) is 6.56. The highest BCUT2D eigenvalue weighted by molar-refractivity contribution is 7.89. The third kappa shape index (κ3) is 3.82. The molecule has 0 amide bonds. The second-order valence-corrected chi connectivity index (χ2v) is 6.98. The Hall–Kier alpha value is -1.42. The van der Waals surface area contributed by atoms with Crippen molar-refractivity contribution in [2.24, 2.45) is 0 Å². The molecule has 0 heterocycles. The number of halogens is 1. The first-order chi connectivity index (χ1) is 9.98. The summed E-state index contributed by atoms with van der Waals surface area (Å²) in [6.45, 7) is 2.33. The molecule has 0 atom stereocenters. The summed E-state index contributed by atoms with van der Waals surface area (Å²) >= 11 is 0. The topological polar surface area (TPSA) is 49.4 Å². The zero-order valence-electron chi connectivity index (χ0n) is 12.0. The van der Waals surface area contributed by atoms with Gasteiger partial charge in [0.15, 0.2) is 0 Å². The van der Waals surface area contributed by atoms with E-state index in [1.54, 1.807) is 6.92 Å². The van der Waals surface area contributed by atoms with Gasteiger partial charge >= 0.3 is 0 Å². The minimum Gasteiger partial charge on any atom is -0.310 e. The molecular weight excluding hydrogens is 291 g/mol. The van der Waals surface area contributed by atoms with Crippen LogP contribution in [0.3, 0.4) is 0 Å². The molecular formula is C15H19FN2O2S. The number of hydrogen-bond donors (Lipinski definition) is 1. The molecule has 1 aromatic carbocycles.